The number of benzene rings is 2. The Morgan fingerprint density at radius 1 is 1.30 bits per heavy atom. The van der Waals surface area contributed by atoms with Gasteiger partial charge in [0.15, 0.2) is 0 Å². The molecule has 2 aromatic carbocycles. The Bertz CT molecular complexity index is 646. The summed E-state index contributed by atoms with van der Waals surface area (Å²) < 4.78 is 14.3. The monoisotopic (exact) mass is 336 g/mol. The van der Waals surface area contributed by atoms with Gasteiger partial charge >= 0.3 is 0 Å². The Morgan fingerprint density at radius 2 is 2.00 bits per heavy atom. The van der Waals surface area contributed by atoms with E-state index < -0.39 is 5.82 Å². The van der Waals surface area contributed by atoms with Crippen molar-refractivity contribution in [3.8, 4) is 0 Å². The van der Waals surface area contributed by atoms with Gasteiger partial charge in [-0.15, -0.1) is 0 Å². The zero-order valence-electron chi connectivity index (χ0n) is 10.9. The molecule has 3 nitrogen and oxygen atoms in total. The smallest absolute Gasteiger partial charge is 0.251 e. The normalized spacial score (nSPS) is 11.9. The minimum atomic E-state index is -0.591. The summed E-state index contributed by atoms with van der Waals surface area (Å²) in [4.78, 5) is 12.1. The van der Waals surface area contributed by atoms with Crippen LogP contribution in [0.3, 0.4) is 0 Å². The predicted octanol–water partition coefficient (Wildman–Crippen LogP) is 3.66. The first-order valence-electron chi connectivity index (χ1n) is 6.09. The maximum Gasteiger partial charge on any atom is 0.251 e. The van der Waals surface area contributed by atoms with Crippen molar-refractivity contribution >= 4 is 27.5 Å². The van der Waals surface area contributed by atoms with Crippen molar-refractivity contribution in [2.75, 3.05) is 5.73 Å². The van der Waals surface area contributed by atoms with Crippen LogP contribution in [0.15, 0.2) is 46.9 Å². The minimum absolute atomic E-state index is 0.0282. The first kappa shape index (κ1) is 14.5. The van der Waals surface area contributed by atoms with Crippen LogP contribution in [0, 0.1) is 5.82 Å². The highest BCUT2D eigenvalue weighted by molar-refractivity contribution is 9.10. The van der Waals surface area contributed by atoms with E-state index in [9.17, 15) is 9.18 Å². The number of carbonyl (C=O) groups excluding carboxylic acids is 1. The van der Waals surface area contributed by atoms with Crippen LogP contribution in [0.5, 0.6) is 0 Å². The molecule has 0 saturated heterocycles. The molecule has 3 N–H and O–H groups in total. The highest BCUT2D eigenvalue weighted by atomic mass is 79.9. The molecule has 0 aliphatic carbocycles. The lowest BCUT2D eigenvalue weighted by atomic mass is 10.1. The molecule has 1 amide bonds. The molecule has 0 aromatic heterocycles. The van der Waals surface area contributed by atoms with Gasteiger partial charge in [0.05, 0.1) is 11.7 Å². The van der Waals surface area contributed by atoms with Crippen molar-refractivity contribution < 1.29 is 9.18 Å². The summed E-state index contributed by atoms with van der Waals surface area (Å²) in [5.41, 5.74) is 6.62. The molecule has 0 aliphatic rings. The summed E-state index contributed by atoms with van der Waals surface area (Å²) in [6.07, 6.45) is 0. The molecule has 0 aliphatic heterocycles. The number of anilines is 1. The summed E-state index contributed by atoms with van der Waals surface area (Å²) >= 11 is 3.44. The fraction of sp³-hybridized carbons (Fsp3) is 0.133. The predicted molar refractivity (Wildman–Crippen MR) is 80.8 cm³/mol. The molecule has 5 heteroatoms. The van der Waals surface area contributed by atoms with Crippen molar-refractivity contribution in [3.63, 3.8) is 0 Å². The van der Waals surface area contributed by atoms with Crippen LogP contribution in [-0.4, -0.2) is 5.91 Å². The van der Waals surface area contributed by atoms with E-state index in [-0.39, 0.29) is 23.2 Å². The minimum Gasteiger partial charge on any atom is -0.396 e. The summed E-state index contributed by atoms with van der Waals surface area (Å²) in [5, 5.41) is 2.82. The third kappa shape index (κ3) is 3.17. The van der Waals surface area contributed by atoms with E-state index in [0.717, 1.165) is 16.1 Å². The lowest BCUT2D eigenvalue weighted by molar-refractivity contribution is 0.0939. The highest BCUT2D eigenvalue weighted by Gasteiger charge is 2.14. The molecule has 0 radical (unpaired) electrons. The molecule has 0 bridgehead atoms. The molecule has 104 valence electrons. The number of halogens is 2. The van der Waals surface area contributed by atoms with Crippen molar-refractivity contribution in [2.24, 2.45) is 0 Å². The van der Waals surface area contributed by atoms with E-state index in [1.54, 1.807) is 0 Å². The largest absolute Gasteiger partial charge is 0.396 e. The van der Waals surface area contributed by atoms with E-state index in [2.05, 4.69) is 21.2 Å². The summed E-state index contributed by atoms with van der Waals surface area (Å²) in [6.45, 7) is 1.87. The van der Waals surface area contributed by atoms with Crippen LogP contribution >= 0.6 is 15.9 Å². The molecular formula is C15H14BrFN2O. The molecule has 2 rings (SSSR count). The number of nitrogens with one attached hydrogen (secondary N) is 1. The summed E-state index contributed by atoms with van der Waals surface area (Å²) in [6, 6.07) is 11.4. The van der Waals surface area contributed by atoms with Gasteiger partial charge in [-0.3, -0.25) is 4.79 Å². The van der Waals surface area contributed by atoms with Gasteiger partial charge in [-0.1, -0.05) is 34.1 Å². The average Bonchev–Trinajstić information content (AvgIpc) is 2.42. The fourth-order valence-electron chi connectivity index (χ4n) is 1.85. The zero-order chi connectivity index (χ0) is 14.7. The van der Waals surface area contributed by atoms with Crippen molar-refractivity contribution in [2.45, 2.75) is 13.0 Å². The van der Waals surface area contributed by atoms with Crippen LogP contribution in [-0.2, 0) is 0 Å². The number of nitrogen functional groups attached to an aromatic ring is 1. The SMILES string of the molecule is CC(NC(=O)c1ccc(N)c(F)c1)c1ccccc1Br. The maximum absolute atomic E-state index is 13.4. The van der Waals surface area contributed by atoms with Gasteiger partial charge in [-0.2, -0.15) is 0 Å². The first-order valence-corrected chi connectivity index (χ1v) is 6.88. The second-order valence-corrected chi connectivity index (χ2v) is 5.31. The molecule has 0 saturated carbocycles. The summed E-state index contributed by atoms with van der Waals surface area (Å²) in [5.74, 6) is -0.932. The number of hydrogen-bond acceptors (Lipinski definition) is 2. The number of hydrogen-bond donors (Lipinski definition) is 2. The third-order valence-electron chi connectivity index (χ3n) is 2.98. The molecule has 20 heavy (non-hydrogen) atoms. The Morgan fingerprint density at radius 3 is 2.65 bits per heavy atom. The van der Waals surface area contributed by atoms with Gasteiger partial charge in [0.25, 0.3) is 5.91 Å². The number of carbonyl (C=O) groups is 1. The Kier molecular flexibility index (Phi) is 4.39. The van der Waals surface area contributed by atoms with Gasteiger partial charge in [0, 0.05) is 10.0 Å². The third-order valence-corrected chi connectivity index (χ3v) is 3.70. The second kappa shape index (κ2) is 6.05. The van der Waals surface area contributed by atoms with Crippen LogP contribution in [0.1, 0.15) is 28.9 Å². The van der Waals surface area contributed by atoms with E-state index in [4.69, 9.17) is 5.73 Å². The van der Waals surface area contributed by atoms with Gasteiger partial charge in [-0.25, -0.2) is 4.39 Å². The Hall–Kier alpha value is -1.88. The van der Waals surface area contributed by atoms with Crippen LogP contribution in [0.2, 0.25) is 0 Å². The first-order chi connectivity index (χ1) is 9.49. The van der Waals surface area contributed by atoms with Gasteiger partial charge < -0.3 is 11.1 Å². The van der Waals surface area contributed by atoms with E-state index >= 15 is 0 Å². The quantitative estimate of drug-likeness (QED) is 0.840. The maximum atomic E-state index is 13.4. The van der Waals surface area contributed by atoms with E-state index in [1.807, 2.05) is 31.2 Å². The van der Waals surface area contributed by atoms with Crippen LogP contribution < -0.4 is 11.1 Å². The van der Waals surface area contributed by atoms with E-state index in [1.165, 1.54) is 12.1 Å². The van der Waals surface area contributed by atoms with Crippen molar-refractivity contribution in [1.82, 2.24) is 5.32 Å². The Labute approximate surface area is 125 Å². The summed E-state index contributed by atoms with van der Waals surface area (Å²) in [7, 11) is 0. The standard InChI is InChI=1S/C15H14BrFN2O/c1-9(11-4-2-3-5-12(11)16)19-15(20)10-6-7-14(18)13(17)8-10/h2-9H,18H2,1H3,(H,19,20). The lowest BCUT2D eigenvalue weighted by Crippen LogP contribution is -2.27. The molecule has 0 heterocycles. The molecular weight excluding hydrogens is 323 g/mol. The van der Waals surface area contributed by atoms with Crippen LogP contribution in [0.25, 0.3) is 0 Å². The Balaban J connectivity index is 2.15. The molecule has 1 atom stereocenters. The second-order valence-electron chi connectivity index (χ2n) is 4.45. The lowest BCUT2D eigenvalue weighted by Gasteiger charge is -2.16. The number of rotatable bonds is 3. The molecule has 0 fully saturated rings. The zero-order valence-corrected chi connectivity index (χ0v) is 12.4. The van der Waals surface area contributed by atoms with Gasteiger partial charge in [0.2, 0.25) is 0 Å². The molecule has 2 aromatic rings. The van der Waals surface area contributed by atoms with Crippen molar-refractivity contribution in [1.29, 1.82) is 0 Å². The fourth-order valence-corrected chi connectivity index (χ4v) is 2.48. The van der Waals surface area contributed by atoms with Crippen molar-refractivity contribution in [3.05, 3.63) is 63.9 Å². The average molecular weight is 337 g/mol. The molecule has 1 unspecified atom stereocenters. The van der Waals surface area contributed by atoms with E-state index in [0.29, 0.717) is 0 Å². The molecule has 0 spiro atoms. The highest BCUT2D eigenvalue weighted by Crippen LogP contribution is 2.23. The van der Waals surface area contributed by atoms with Crippen LogP contribution in [0.4, 0.5) is 10.1 Å². The van der Waals surface area contributed by atoms with Gasteiger partial charge in [0.1, 0.15) is 5.82 Å². The topological polar surface area (TPSA) is 55.1 Å². The van der Waals surface area contributed by atoms with Gasteiger partial charge in [-0.05, 0) is 36.8 Å². The number of amides is 1. The number of nitrogens with two attached hydrogens (primary N) is 1.